The standard InChI is InChI=1S/C12H17NO/c1-2-6-12(13)11(9-14)10-7-4-3-5-8-10/h3-5,7-8,11,13-14H,2,6,9H2,1H3. The highest BCUT2D eigenvalue weighted by molar-refractivity contribution is 5.88. The Morgan fingerprint density at radius 3 is 2.50 bits per heavy atom. The van der Waals surface area contributed by atoms with E-state index in [-0.39, 0.29) is 12.5 Å². The molecule has 0 amide bonds. The van der Waals surface area contributed by atoms with Gasteiger partial charge in [-0.25, -0.2) is 0 Å². The topological polar surface area (TPSA) is 44.1 Å². The Morgan fingerprint density at radius 2 is 2.00 bits per heavy atom. The molecule has 0 saturated carbocycles. The van der Waals surface area contributed by atoms with Crippen molar-refractivity contribution in [3.63, 3.8) is 0 Å². The molecule has 1 aromatic carbocycles. The first kappa shape index (κ1) is 10.9. The summed E-state index contributed by atoms with van der Waals surface area (Å²) >= 11 is 0. The fourth-order valence-electron chi connectivity index (χ4n) is 1.55. The smallest absolute Gasteiger partial charge is 0.0552 e. The van der Waals surface area contributed by atoms with E-state index in [2.05, 4.69) is 0 Å². The van der Waals surface area contributed by atoms with Gasteiger partial charge in [0, 0.05) is 11.6 Å². The van der Waals surface area contributed by atoms with Crippen molar-refractivity contribution in [2.75, 3.05) is 6.61 Å². The van der Waals surface area contributed by atoms with Crippen molar-refractivity contribution in [3.05, 3.63) is 35.9 Å². The van der Waals surface area contributed by atoms with Gasteiger partial charge >= 0.3 is 0 Å². The van der Waals surface area contributed by atoms with Crippen molar-refractivity contribution in [2.45, 2.75) is 25.7 Å². The Balaban J connectivity index is 2.77. The maximum Gasteiger partial charge on any atom is 0.0552 e. The third-order valence-corrected chi connectivity index (χ3v) is 2.32. The van der Waals surface area contributed by atoms with E-state index in [0.29, 0.717) is 5.71 Å². The highest BCUT2D eigenvalue weighted by Gasteiger charge is 2.14. The van der Waals surface area contributed by atoms with Crippen molar-refractivity contribution in [1.29, 1.82) is 5.41 Å². The van der Waals surface area contributed by atoms with Gasteiger partial charge in [-0.1, -0.05) is 43.7 Å². The molecule has 0 heterocycles. The predicted octanol–water partition coefficient (Wildman–Crippen LogP) is 2.58. The number of aliphatic hydroxyl groups is 1. The second-order valence-electron chi connectivity index (χ2n) is 3.42. The number of benzene rings is 1. The van der Waals surface area contributed by atoms with Crippen molar-refractivity contribution in [2.24, 2.45) is 0 Å². The predicted molar refractivity (Wildman–Crippen MR) is 58.9 cm³/mol. The second-order valence-corrected chi connectivity index (χ2v) is 3.42. The first-order valence-electron chi connectivity index (χ1n) is 5.02. The fraction of sp³-hybridized carbons (Fsp3) is 0.417. The minimum atomic E-state index is -0.115. The van der Waals surface area contributed by atoms with Crippen LogP contribution in [0.1, 0.15) is 31.2 Å². The quantitative estimate of drug-likeness (QED) is 0.690. The molecule has 76 valence electrons. The summed E-state index contributed by atoms with van der Waals surface area (Å²) in [7, 11) is 0. The Bertz CT molecular complexity index is 282. The number of hydrogen-bond donors (Lipinski definition) is 2. The Labute approximate surface area is 85.1 Å². The molecule has 14 heavy (non-hydrogen) atoms. The van der Waals surface area contributed by atoms with Gasteiger partial charge < -0.3 is 10.5 Å². The van der Waals surface area contributed by atoms with Gasteiger partial charge in [-0.3, -0.25) is 0 Å². The van der Waals surface area contributed by atoms with Crippen LogP contribution in [0, 0.1) is 5.41 Å². The highest BCUT2D eigenvalue weighted by atomic mass is 16.3. The molecule has 1 aromatic rings. The van der Waals surface area contributed by atoms with Gasteiger partial charge in [0.1, 0.15) is 0 Å². The first-order valence-corrected chi connectivity index (χ1v) is 5.02. The monoisotopic (exact) mass is 191 g/mol. The van der Waals surface area contributed by atoms with Crippen LogP contribution in [-0.2, 0) is 0 Å². The molecule has 2 N–H and O–H groups in total. The minimum absolute atomic E-state index is 0.0306. The average Bonchev–Trinajstić information content (AvgIpc) is 2.21. The molecular formula is C12H17NO. The molecule has 0 radical (unpaired) electrons. The van der Waals surface area contributed by atoms with Crippen LogP contribution in [-0.4, -0.2) is 17.4 Å². The number of hydrogen-bond acceptors (Lipinski definition) is 2. The molecule has 0 aliphatic heterocycles. The van der Waals surface area contributed by atoms with Gasteiger partial charge in [0.05, 0.1) is 6.61 Å². The van der Waals surface area contributed by atoms with Crippen LogP contribution in [0.2, 0.25) is 0 Å². The normalized spacial score (nSPS) is 12.4. The molecule has 1 atom stereocenters. The van der Waals surface area contributed by atoms with Crippen molar-refractivity contribution in [1.82, 2.24) is 0 Å². The van der Waals surface area contributed by atoms with Crippen molar-refractivity contribution >= 4 is 5.71 Å². The lowest BCUT2D eigenvalue weighted by Crippen LogP contribution is -2.15. The van der Waals surface area contributed by atoms with Crippen LogP contribution in [0.15, 0.2) is 30.3 Å². The molecule has 0 aliphatic rings. The molecular weight excluding hydrogens is 174 g/mol. The van der Waals surface area contributed by atoms with Gasteiger partial charge in [0.25, 0.3) is 0 Å². The fourth-order valence-corrected chi connectivity index (χ4v) is 1.55. The molecule has 0 saturated heterocycles. The molecule has 1 rings (SSSR count). The SMILES string of the molecule is CCCC(=N)C(CO)c1ccccc1. The number of nitrogens with one attached hydrogen (secondary N) is 1. The second kappa shape index (κ2) is 5.55. The van der Waals surface area contributed by atoms with E-state index < -0.39 is 0 Å². The zero-order valence-corrected chi connectivity index (χ0v) is 8.53. The molecule has 2 nitrogen and oxygen atoms in total. The molecule has 2 heteroatoms. The lowest BCUT2D eigenvalue weighted by atomic mass is 9.92. The summed E-state index contributed by atoms with van der Waals surface area (Å²) < 4.78 is 0. The maximum atomic E-state index is 9.24. The molecule has 0 fully saturated rings. The van der Waals surface area contributed by atoms with E-state index in [4.69, 9.17) is 5.41 Å². The highest BCUT2D eigenvalue weighted by Crippen LogP contribution is 2.18. The molecule has 0 aromatic heterocycles. The maximum absolute atomic E-state index is 9.24. The van der Waals surface area contributed by atoms with Crippen LogP contribution < -0.4 is 0 Å². The van der Waals surface area contributed by atoms with E-state index in [0.717, 1.165) is 18.4 Å². The van der Waals surface area contributed by atoms with Gasteiger partial charge in [-0.2, -0.15) is 0 Å². The summed E-state index contributed by atoms with van der Waals surface area (Å²) in [6.45, 7) is 2.08. The van der Waals surface area contributed by atoms with Crippen LogP contribution in [0.4, 0.5) is 0 Å². The Morgan fingerprint density at radius 1 is 1.36 bits per heavy atom. The van der Waals surface area contributed by atoms with Gasteiger partial charge in [-0.05, 0) is 12.0 Å². The average molecular weight is 191 g/mol. The van der Waals surface area contributed by atoms with E-state index in [9.17, 15) is 5.11 Å². The Hall–Kier alpha value is -1.15. The molecule has 0 spiro atoms. The first-order chi connectivity index (χ1) is 6.79. The largest absolute Gasteiger partial charge is 0.395 e. The van der Waals surface area contributed by atoms with Crippen LogP contribution in [0.5, 0.6) is 0 Å². The van der Waals surface area contributed by atoms with Crippen LogP contribution >= 0.6 is 0 Å². The number of aliphatic hydroxyl groups excluding tert-OH is 1. The minimum Gasteiger partial charge on any atom is -0.395 e. The lowest BCUT2D eigenvalue weighted by Gasteiger charge is -2.15. The van der Waals surface area contributed by atoms with E-state index >= 15 is 0 Å². The lowest BCUT2D eigenvalue weighted by molar-refractivity contribution is 0.288. The van der Waals surface area contributed by atoms with E-state index in [1.165, 1.54) is 0 Å². The van der Waals surface area contributed by atoms with Crippen LogP contribution in [0.25, 0.3) is 0 Å². The molecule has 0 bridgehead atoms. The van der Waals surface area contributed by atoms with Gasteiger partial charge in [-0.15, -0.1) is 0 Å². The van der Waals surface area contributed by atoms with Gasteiger partial charge in [0.15, 0.2) is 0 Å². The summed E-state index contributed by atoms with van der Waals surface area (Å²) in [5, 5.41) is 17.1. The zero-order chi connectivity index (χ0) is 10.4. The summed E-state index contributed by atoms with van der Waals surface area (Å²) in [5.41, 5.74) is 1.66. The van der Waals surface area contributed by atoms with Crippen molar-refractivity contribution < 1.29 is 5.11 Å². The third kappa shape index (κ3) is 2.67. The van der Waals surface area contributed by atoms with Crippen molar-refractivity contribution in [3.8, 4) is 0 Å². The van der Waals surface area contributed by atoms with Gasteiger partial charge in [0.2, 0.25) is 0 Å². The number of rotatable bonds is 5. The van der Waals surface area contributed by atoms with E-state index in [1.807, 2.05) is 37.3 Å². The van der Waals surface area contributed by atoms with E-state index in [1.54, 1.807) is 0 Å². The summed E-state index contributed by atoms with van der Waals surface area (Å²) in [6.07, 6.45) is 1.72. The summed E-state index contributed by atoms with van der Waals surface area (Å²) in [5.74, 6) is -0.115. The molecule has 0 aliphatic carbocycles. The molecule has 1 unspecified atom stereocenters. The van der Waals surface area contributed by atoms with Crippen LogP contribution in [0.3, 0.4) is 0 Å². The zero-order valence-electron chi connectivity index (χ0n) is 8.53. The Kier molecular flexibility index (Phi) is 4.33. The third-order valence-electron chi connectivity index (χ3n) is 2.32. The summed E-state index contributed by atoms with van der Waals surface area (Å²) in [6, 6.07) is 9.76. The summed E-state index contributed by atoms with van der Waals surface area (Å²) in [4.78, 5) is 0.